The summed E-state index contributed by atoms with van der Waals surface area (Å²) in [6.07, 6.45) is 11.2. The van der Waals surface area contributed by atoms with Gasteiger partial charge >= 0.3 is 6.03 Å². The highest BCUT2D eigenvalue weighted by molar-refractivity contribution is 5.74. The molecule has 3 unspecified atom stereocenters. The van der Waals surface area contributed by atoms with Crippen molar-refractivity contribution < 1.29 is 19.0 Å². The van der Waals surface area contributed by atoms with Gasteiger partial charge in [0.15, 0.2) is 0 Å². The van der Waals surface area contributed by atoms with E-state index >= 15 is 0 Å². The van der Waals surface area contributed by atoms with Crippen LogP contribution < -0.4 is 10.6 Å². The number of urea groups is 1. The van der Waals surface area contributed by atoms with Crippen molar-refractivity contribution >= 4 is 6.03 Å². The van der Waals surface area contributed by atoms with Crippen LogP contribution in [0.25, 0.3) is 0 Å². The topological polar surface area (TPSA) is 73.8 Å². The van der Waals surface area contributed by atoms with E-state index in [9.17, 15) is 14.3 Å². The molecule has 1 aromatic carbocycles. The van der Waals surface area contributed by atoms with Crippen molar-refractivity contribution in [2.45, 2.75) is 89.2 Å². The molecule has 1 aromatic rings. The lowest BCUT2D eigenvalue weighted by atomic mass is 9.74. The van der Waals surface area contributed by atoms with Gasteiger partial charge in [-0.05, 0) is 81.7 Å². The first-order valence-corrected chi connectivity index (χ1v) is 14.0. The molecule has 3 rings (SSSR count). The molecule has 0 radical (unpaired) electrons. The average Bonchev–Trinajstić information content (AvgIpc) is 2.87. The molecular formula is C29H48FN3O3. The SMILES string of the molecule is CNCC(CC1CCCCC1)NC(=O)N1CCCC(C(O)(CCCCOC)c2cc(C)cc(F)c2)C1. The molecule has 0 spiro atoms. The summed E-state index contributed by atoms with van der Waals surface area (Å²) in [5, 5.41) is 18.6. The second-order valence-electron chi connectivity index (χ2n) is 11.1. The van der Waals surface area contributed by atoms with Crippen LogP contribution in [0.3, 0.4) is 0 Å². The molecule has 1 heterocycles. The Balaban J connectivity index is 1.71. The predicted molar refractivity (Wildman–Crippen MR) is 142 cm³/mol. The number of benzene rings is 1. The Hall–Kier alpha value is -1.70. The number of aryl methyl sites for hydroxylation is 1. The quantitative estimate of drug-likeness (QED) is 0.345. The third kappa shape index (κ3) is 8.15. The van der Waals surface area contributed by atoms with Gasteiger partial charge < -0.3 is 25.4 Å². The number of carbonyl (C=O) groups excluding carboxylic acids is 1. The number of amides is 2. The van der Waals surface area contributed by atoms with Crippen LogP contribution in [-0.2, 0) is 10.3 Å². The van der Waals surface area contributed by atoms with E-state index in [1.54, 1.807) is 7.11 Å². The molecule has 0 aromatic heterocycles. The lowest BCUT2D eigenvalue weighted by Crippen LogP contribution is -2.54. The van der Waals surface area contributed by atoms with E-state index in [1.807, 2.05) is 24.9 Å². The number of likely N-dealkylation sites (N-methyl/N-ethyl adjacent to an activating group) is 1. The highest BCUT2D eigenvalue weighted by atomic mass is 19.1. The standard InChI is InChI=1S/C29H48FN3O3/c1-22-16-25(19-26(30)17-22)29(35,13-7-8-15-36-3)24-12-9-14-33(21-24)28(34)32-27(20-31-2)18-23-10-5-4-6-11-23/h16-17,19,23-24,27,31,35H,4-15,18,20-21H2,1-3H3,(H,32,34). The number of piperidine rings is 1. The molecule has 2 aliphatic rings. The van der Waals surface area contributed by atoms with Crippen molar-refractivity contribution in [2.24, 2.45) is 11.8 Å². The molecule has 1 saturated heterocycles. The number of likely N-dealkylation sites (tertiary alicyclic amines) is 1. The molecule has 3 N–H and O–H groups in total. The monoisotopic (exact) mass is 505 g/mol. The van der Waals surface area contributed by atoms with Gasteiger partial charge in [0.05, 0.1) is 5.60 Å². The predicted octanol–water partition coefficient (Wildman–Crippen LogP) is 5.12. The maximum atomic E-state index is 14.4. The zero-order chi connectivity index (χ0) is 26.0. The molecule has 0 bridgehead atoms. The smallest absolute Gasteiger partial charge is 0.317 e. The summed E-state index contributed by atoms with van der Waals surface area (Å²) >= 11 is 0. The van der Waals surface area contributed by atoms with Crippen molar-refractivity contribution in [1.82, 2.24) is 15.5 Å². The second kappa shape index (κ2) is 14.3. The van der Waals surface area contributed by atoms with Crippen LogP contribution in [0.2, 0.25) is 0 Å². The van der Waals surface area contributed by atoms with Gasteiger partial charge in [-0.15, -0.1) is 0 Å². The maximum absolute atomic E-state index is 14.4. The van der Waals surface area contributed by atoms with Gasteiger partial charge in [-0.25, -0.2) is 9.18 Å². The van der Waals surface area contributed by atoms with E-state index in [1.165, 1.54) is 44.2 Å². The molecule has 1 aliphatic heterocycles. The fourth-order valence-electron chi connectivity index (χ4n) is 6.29. The molecule has 2 fully saturated rings. The van der Waals surface area contributed by atoms with Gasteiger partial charge in [-0.1, -0.05) is 38.2 Å². The minimum Gasteiger partial charge on any atom is -0.385 e. The first-order valence-electron chi connectivity index (χ1n) is 14.0. The van der Waals surface area contributed by atoms with Crippen LogP contribution in [0, 0.1) is 24.6 Å². The highest BCUT2D eigenvalue weighted by Crippen LogP contribution is 2.40. The largest absolute Gasteiger partial charge is 0.385 e. The molecule has 1 aliphatic carbocycles. The fraction of sp³-hybridized carbons (Fsp3) is 0.759. The summed E-state index contributed by atoms with van der Waals surface area (Å²) in [6.45, 7) is 4.39. The number of hydrogen-bond donors (Lipinski definition) is 3. The third-order valence-corrected chi connectivity index (χ3v) is 8.20. The van der Waals surface area contributed by atoms with E-state index in [0.717, 1.165) is 44.2 Å². The number of halogens is 1. The van der Waals surface area contributed by atoms with Gasteiger partial charge in [0.2, 0.25) is 0 Å². The van der Waals surface area contributed by atoms with Crippen molar-refractivity contribution in [3.63, 3.8) is 0 Å². The zero-order valence-corrected chi connectivity index (χ0v) is 22.7. The first-order chi connectivity index (χ1) is 17.4. The van der Waals surface area contributed by atoms with Crippen molar-refractivity contribution in [3.8, 4) is 0 Å². The van der Waals surface area contributed by atoms with Crippen LogP contribution in [0.1, 0.15) is 81.8 Å². The third-order valence-electron chi connectivity index (χ3n) is 8.20. The Labute approximate surface area is 217 Å². The van der Waals surface area contributed by atoms with Gasteiger partial charge in [-0.3, -0.25) is 0 Å². The van der Waals surface area contributed by atoms with Crippen molar-refractivity contribution in [2.75, 3.05) is 40.4 Å². The Kier molecular flexibility index (Phi) is 11.5. The van der Waals surface area contributed by atoms with Gasteiger partial charge in [0, 0.05) is 45.3 Å². The molecule has 36 heavy (non-hydrogen) atoms. The molecule has 7 heteroatoms. The fourth-order valence-corrected chi connectivity index (χ4v) is 6.29. The summed E-state index contributed by atoms with van der Waals surface area (Å²) in [5.41, 5.74) is 0.227. The Morgan fingerprint density at radius 3 is 2.67 bits per heavy atom. The second-order valence-corrected chi connectivity index (χ2v) is 11.1. The summed E-state index contributed by atoms with van der Waals surface area (Å²) in [5.74, 6) is 0.199. The van der Waals surface area contributed by atoms with Crippen LogP contribution >= 0.6 is 0 Å². The molecule has 6 nitrogen and oxygen atoms in total. The number of rotatable bonds is 12. The van der Waals surface area contributed by atoms with Crippen LogP contribution in [0.15, 0.2) is 18.2 Å². The Morgan fingerprint density at radius 1 is 1.19 bits per heavy atom. The number of ether oxygens (including phenoxy) is 1. The molecular weight excluding hydrogens is 457 g/mol. The Morgan fingerprint density at radius 2 is 1.97 bits per heavy atom. The summed E-state index contributed by atoms with van der Waals surface area (Å²) in [7, 11) is 3.61. The van der Waals surface area contributed by atoms with E-state index in [-0.39, 0.29) is 23.8 Å². The van der Waals surface area contributed by atoms with Gasteiger partial charge in [0.25, 0.3) is 0 Å². The average molecular weight is 506 g/mol. The van der Waals surface area contributed by atoms with Crippen LogP contribution in [-0.4, -0.2) is 62.5 Å². The molecule has 2 amide bonds. The van der Waals surface area contributed by atoms with Crippen molar-refractivity contribution in [3.05, 3.63) is 35.1 Å². The number of methoxy groups -OCH3 is 1. The van der Waals surface area contributed by atoms with E-state index < -0.39 is 5.60 Å². The van der Waals surface area contributed by atoms with E-state index in [0.29, 0.717) is 37.6 Å². The van der Waals surface area contributed by atoms with Crippen molar-refractivity contribution in [1.29, 1.82) is 0 Å². The number of hydrogen-bond acceptors (Lipinski definition) is 4. The number of nitrogens with zero attached hydrogens (tertiary/aromatic N) is 1. The molecule has 204 valence electrons. The highest BCUT2D eigenvalue weighted by Gasteiger charge is 2.41. The summed E-state index contributed by atoms with van der Waals surface area (Å²) in [4.78, 5) is 15.2. The lowest BCUT2D eigenvalue weighted by Gasteiger charge is -2.43. The summed E-state index contributed by atoms with van der Waals surface area (Å²) in [6, 6.07) is 4.91. The van der Waals surface area contributed by atoms with Crippen LogP contribution in [0.5, 0.6) is 0 Å². The maximum Gasteiger partial charge on any atom is 0.317 e. The zero-order valence-electron chi connectivity index (χ0n) is 22.7. The van der Waals surface area contributed by atoms with E-state index in [2.05, 4.69) is 10.6 Å². The number of aliphatic hydroxyl groups is 1. The van der Waals surface area contributed by atoms with Gasteiger partial charge in [-0.2, -0.15) is 0 Å². The first kappa shape index (κ1) is 28.9. The normalized spacial score (nSPS) is 21.7. The number of nitrogens with one attached hydrogen (secondary N) is 2. The minimum absolute atomic E-state index is 0.0482. The van der Waals surface area contributed by atoms with Gasteiger partial charge in [0.1, 0.15) is 5.82 Å². The number of carbonyl (C=O) groups is 1. The minimum atomic E-state index is -1.19. The molecule has 3 atom stereocenters. The van der Waals surface area contributed by atoms with E-state index in [4.69, 9.17) is 4.74 Å². The number of unbranched alkanes of at least 4 members (excludes halogenated alkanes) is 1. The van der Waals surface area contributed by atoms with Crippen LogP contribution in [0.4, 0.5) is 9.18 Å². The summed E-state index contributed by atoms with van der Waals surface area (Å²) < 4.78 is 19.6. The lowest BCUT2D eigenvalue weighted by molar-refractivity contribution is -0.0566. The molecule has 1 saturated carbocycles. The Bertz CT molecular complexity index is 797.